The number of carbonyl (C=O) groups excluding carboxylic acids is 2. The minimum Gasteiger partial charge on any atom is -0.756 e. The van der Waals surface area contributed by atoms with E-state index in [1.807, 2.05) is 33.3 Å². The van der Waals surface area contributed by atoms with Gasteiger partial charge in [-0.3, -0.25) is 14.2 Å². The van der Waals surface area contributed by atoms with E-state index in [0.29, 0.717) is 17.4 Å². The number of ether oxygens (including phenoxy) is 1. The van der Waals surface area contributed by atoms with Crippen molar-refractivity contribution in [1.29, 1.82) is 0 Å². The maximum atomic E-state index is 13.6. The van der Waals surface area contributed by atoms with Crippen molar-refractivity contribution < 1.29 is 37.3 Å². The maximum absolute atomic E-state index is 13.6. The van der Waals surface area contributed by atoms with Gasteiger partial charge in [0.1, 0.15) is 19.3 Å². The molecule has 0 aliphatic rings. The van der Waals surface area contributed by atoms with E-state index in [9.17, 15) is 19.0 Å². The molecule has 10 heteroatoms. The molecule has 0 fully saturated rings. The molecule has 0 heterocycles. The predicted molar refractivity (Wildman–Crippen MR) is 376 cm³/mol. The highest BCUT2D eigenvalue weighted by atomic mass is 31.2. The summed E-state index contributed by atoms with van der Waals surface area (Å²) in [5.41, 5.74) is 0. The Bertz CT molecular complexity index is 1760. The van der Waals surface area contributed by atoms with Crippen LogP contribution in [0.15, 0.2) is 85.1 Å². The fourth-order valence-corrected chi connectivity index (χ4v) is 11.3. The molecule has 3 unspecified atom stereocenters. The van der Waals surface area contributed by atoms with E-state index < -0.39 is 26.6 Å². The normalized spacial score (nSPS) is 14.0. The van der Waals surface area contributed by atoms with Crippen LogP contribution in [0.5, 0.6) is 0 Å². The van der Waals surface area contributed by atoms with Crippen molar-refractivity contribution in [3.63, 3.8) is 0 Å². The molecule has 0 saturated carbocycles. The van der Waals surface area contributed by atoms with Gasteiger partial charge in [0, 0.05) is 12.8 Å². The van der Waals surface area contributed by atoms with Gasteiger partial charge in [-0.15, -0.1) is 0 Å². The quantitative estimate of drug-likeness (QED) is 0.0212. The lowest BCUT2D eigenvalue weighted by Crippen LogP contribution is -2.47. The first-order valence-corrected chi connectivity index (χ1v) is 38.4. The van der Waals surface area contributed by atoms with Gasteiger partial charge in [0.25, 0.3) is 7.82 Å². The average Bonchev–Trinajstić information content (AvgIpc) is 3.70. The van der Waals surface area contributed by atoms with E-state index >= 15 is 0 Å². The lowest BCUT2D eigenvalue weighted by atomic mass is 10.0. The Morgan fingerprint density at radius 3 is 1.07 bits per heavy atom. The van der Waals surface area contributed by atoms with Gasteiger partial charge < -0.3 is 28.5 Å². The van der Waals surface area contributed by atoms with Gasteiger partial charge in [-0.25, -0.2) is 0 Å². The smallest absolute Gasteiger partial charge is 0.306 e. The second-order valence-electron chi connectivity index (χ2n) is 26.1. The lowest BCUT2D eigenvalue weighted by Gasteiger charge is -2.30. The van der Waals surface area contributed by atoms with Crippen molar-refractivity contribution in [2.45, 2.75) is 354 Å². The molecule has 1 N–H and O–H groups in total. The molecular formula is C77H141N2O7P. The Balaban J connectivity index is 4.98. The number of phosphoric acid groups is 1. The number of nitrogens with zero attached hydrogens (tertiary/aromatic N) is 1. The molecule has 3 atom stereocenters. The summed E-state index contributed by atoms with van der Waals surface area (Å²) in [5.74, 6) is -0.537. The fourth-order valence-electron chi connectivity index (χ4n) is 10.6. The van der Waals surface area contributed by atoms with Crippen LogP contribution < -0.4 is 10.2 Å². The van der Waals surface area contributed by atoms with Crippen LogP contribution in [0.3, 0.4) is 0 Å². The predicted octanol–water partition coefficient (Wildman–Crippen LogP) is 23.0. The third kappa shape index (κ3) is 67.4. The van der Waals surface area contributed by atoms with Crippen molar-refractivity contribution in [1.82, 2.24) is 5.32 Å². The Morgan fingerprint density at radius 2 is 0.701 bits per heavy atom. The summed E-state index contributed by atoms with van der Waals surface area (Å²) >= 11 is 0. The largest absolute Gasteiger partial charge is 0.756 e. The lowest BCUT2D eigenvalue weighted by molar-refractivity contribution is -0.870. The van der Waals surface area contributed by atoms with Crippen molar-refractivity contribution in [3.8, 4) is 0 Å². The van der Waals surface area contributed by atoms with Gasteiger partial charge in [0.05, 0.1) is 33.8 Å². The van der Waals surface area contributed by atoms with Crippen LogP contribution in [-0.2, 0) is 27.9 Å². The number of allylic oxidation sites excluding steroid dienone is 13. The summed E-state index contributed by atoms with van der Waals surface area (Å²) in [6.07, 6.45) is 88.5. The van der Waals surface area contributed by atoms with Crippen LogP contribution in [0.2, 0.25) is 0 Å². The van der Waals surface area contributed by atoms with Crippen molar-refractivity contribution in [2.24, 2.45) is 0 Å². The molecule has 0 radical (unpaired) electrons. The molecule has 0 aromatic rings. The van der Waals surface area contributed by atoms with E-state index in [1.54, 1.807) is 0 Å². The Hall–Kier alpha value is -2.81. The first kappa shape index (κ1) is 84.2. The van der Waals surface area contributed by atoms with Crippen LogP contribution in [0.1, 0.15) is 342 Å². The van der Waals surface area contributed by atoms with E-state index in [0.717, 1.165) is 83.5 Å². The van der Waals surface area contributed by atoms with Gasteiger partial charge in [-0.2, -0.15) is 0 Å². The van der Waals surface area contributed by atoms with Gasteiger partial charge in [-0.1, -0.05) is 305 Å². The number of unbranched alkanes of at least 4 members (excludes halogenated alkanes) is 39. The molecular weight excluding hydrogens is 1100 g/mol. The summed E-state index contributed by atoms with van der Waals surface area (Å²) in [5, 5.41) is 3.04. The summed E-state index contributed by atoms with van der Waals surface area (Å²) in [7, 11) is 1.18. The van der Waals surface area contributed by atoms with E-state index in [-0.39, 0.29) is 24.9 Å². The second-order valence-corrected chi connectivity index (χ2v) is 27.5. The number of carbonyl (C=O) groups is 2. The number of nitrogens with one attached hydrogen (secondary N) is 1. The second kappa shape index (κ2) is 66.1. The molecule has 0 aromatic carbocycles. The Kier molecular flexibility index (Phi) is 64.0. The SMILES string of the molecule is CCCCC/C=C\C/C=C\C/C=C\CCCCCCCCCCCCCCC(=O)NC(COP(=O)([O-])OCC[N+](C)(C)C)C(/C=C/CCCCCCCCCCC)OC(=O)CCCCCCCCCCCCCC/C=C\C/C=C\C/C=C\CCCCC. The van der Waals surface area contributed by atoms with Gasteiger partial charge in [0.15, 0.2) is 0 Å². The molecule has 0 aliphatic carbocycles. The molecule has 506 valence electrons. The molecule has 0 aromatic heterocycles. The molecule has 0 bridgehead atoms. The van der Waals surface area contributed by atoms with Crippen molar-refractivity contribution >= 4 is 19.7 Å². The standard InChI is InChI=1S/C77H141N2O7P/c1-7-10-13-16-19-22-25-27-29-31-33-35-37-39-41-43-45-47-49-51-54-57-60-63-66-69-76(80)78-74(73-85-87(82,83)84-72-71-79(4,5)6)75(68-65-62-59-56-53-24-21-18-15-12-9-3)86-77(81)70-67-64-61-58-55-52-50-48-46-44-42-40-38-36-34-32-30-28-26-23-20-17-14-11-8-2/h19-20,22-23,27-30,33-36,65,68,74-75H,7-18,21,24-26,31-32,37-64,66-67,69-73H2,1-6H3,(H-,78,80,82,83)/b22-19-,23-20-,29-27-,30-28-,35-33-,36-34-,68-65+. The van der Waals surface area contributed by atoms with E-state index in [4.69, 9.17) is 13.8 Å². The van der Waals surface area contributed by atoms with Gasteiger partial charge >= 0.3 is 5.97 Å². The van der Waals surface area contributed by atoms with Crippen LogP contribution in [0.4, 0.5) is 0 Å². The summed E-state index contributed by atoms with van der Waals surface area (Å²) < 4.78 is 30.5. The zero-order chi connectivity index (χ0) is 63.5. The number of phosphoric ester groups is 1. The zero-order valence-corrected chi connectivity index (χ0v) is 58.9. The number of esters is 1. The first-order chi connectivity index (χ1) is 42.4. The summed E-state index contributed by atoms with van der Waals surface area (Å²) in [4.78, 5) is 40.2. The number of likely N-dealkylation sites (N-methyl/N-ethyl adjacent to an activating group) is 1. The molecule has 0 spiro atoms. The van der Waals surface area contributed by atoms with E-state index in [2.05, 4.69) is 99.0 Å². The fraction of sp³-hybridized carbons (Fsp3) is 0.792. The Morgan fingerprint density at radius 1 is 0.402 bits per heavy atom. The highest BCUT2D eigenvalue weighted by molar-refractivity contribution is 7.45. The Labute approximate surface area is 539 Å². The molecule has 1 amide bonds. The maximum Gasteiger partial charge on any atom is 0.306 e. The number of quaternary nitrogens is 1. The highest BCUT2D eigenvalue weighted by Crippen LogP contribution is 2.38. The van der Waals surface area contributed by atoms with Crippen LogP contribution in [0.25, 0.3) is 0 Å². The summed E-state index contributed by atoms with van der Waals surface area (Å²) in [6, 6.07) is -0.894. The average molecular weight is 1240 g/mol. The molecule has 87 heavy (non-hydrogen) atoms. The molecule has 0 saturated heterocycles. The van der Waals surface area contributed by atoms with Crippen LogP contribution >= 0.6 is 7.82 Å². The van der Waals surface area contributed by atoms with Gasteiger partial charge in [0.2, 0.25) is 5.91 Å². The minimum atomic E-state index is -4.71. The number of hydrogen-bond acceptors (Lipinski definition) is 7. The monoisotopic (exact) mass is 1240 g/mol. The third-order valence-electron chi connectivity index (χ3n) is 16.3. The first-order valence-electron chi connectivity index (χ1n) is 36.9. The third-order valence-corrected chi connectivity index (χ3v) is 17.3. The molecule has 9 nitrogen and oxygen atoms in total. The number of rotatable bonds is 67. The van der Waals surface area contributed by atoms with Crippen LogP contribution in [0, 0.1) is 0 Å². The zero-order valence-electron chi connectivity index (χ0n) is 58.0. The minimum absolute atomic E-state index is 0.0248. The number of hydrogen-bond donors (Lipinski definition) is 1. The number of amides is 1. The molecule has 0 rings (SSSR count). The van der Waals surface area contributed by atoms with Gasteiger partial charge in [-0.05, 0) is 109 Å². The topological polar surface area (TPSA) is 114 Å². The van der Waals surface area contributed by atoms with Crippen molar-refractivity contribution in [2.75, 3.05) is 40.9 Å². The molecule has 0 aliphatic heterocycles. The van der Waals surface area contributed by atoms with E-state index in [1.165, 1.54) is 225 Å². The van der Waals surface area contributed by atoms with Crippen LogP contribution in [-0.4, -0.2) is 69.4 Å². The highest BCUT2D eigenvalue weighted by Gasteiger charge is 2.27. The van der Waals surface area contributed by atoms with Crippen molar-refractivity contribution in [3.05, 3.63) is 85.1 Å². The summed E-state index contributed by atoms with van der Waals surface area (Å²) in [6.45, 7) is 6.81.